The van der Waals surface area contributed by atoms with Crippen LogP contribution in [0.2, 0.25) is 0 Å². The molecule has 2 aromatic rings. The van der Waals surface area contributed by atoms with Crippen LogP contribution in [0.1, 0.15) is 18.4 Å². The van der Waals surface area contributed by atoms with Gasteiger partial charge >= 0.3 is 6.18 Å². The Bertz CT molecular complexity index is 987. The Balaban J connectivity index is 1.78. The minimum absolute atomic E-state index is 0.258. The predicted octanol–water partition coefficient (Wildman–Crippen LogP) is 3.19. The van der Waals surface area contributed by atoms with Crippen LogP contribution < -0.4 is 15.9 Å². The van der Waals surface area contributed by atoms with Crippen LogP contribution in [-0.2, 0) is 6.18 Å². The first-order chi connectivity index (χ1) is 13.0. The molecule has 4 rings (SSSR count). The fourth-order valence-corrected chi connectivity index (χ4v) is 5.16. The largest absolute Gasteiger partial charge is 0.416 e. The number of alkyl halides is 3. The first-order valence-electron chi connectivity index (χ1n) is 8.72. The molecule has 0 radical (unpaired) electrons. The van der Waals surface area contributed by atoms with Crippen molar-refractivity contribution in [2.24, 2.45) is 11.7 Å². The number of aromatic nitrogens is 3. The number of nitrogens with one attached hydrogen (secondary N) is 1. The number of pyridine rings is 1. The second kappa shape index (κ2) is 7.34. The highest BCUT2D eigenvalue weighted by atomic mass is 127. The number of nitrogens with zero attached hydrogens (tertiary/aromatic N) is 3. The molecule has 0 spiro atoms. The normalized spacial score (nSPS) is 17.7. The lowest BCUT2D eigenvalue weighted by molar-refractivity contribution is -0.137. The number of rotatable bonds is 3. The van der Waals surface area contributed by atoms with Gasteiger partial charge in [-0.15, -0.1) is 0 Å². The minimum atomic E-state index is -4.44. The average molecular weight is 489 g/mol. The van der Waals surface area contributed by atoms with Gasteiger partial charge in [-0.1, -0.05) is 26.8 Å². The molecule has 144 valence electrons. The number of halogens is 4. The second-order valence-corrected chi connectivity index (χ2v) is 9.08. The van der Waals surface area contributed by atoms with E-state index in [9.17, 15) is 13.2 Å². The Morgan fingerprint density at radius 3 is 2.74 bits per heavy atom. The van der Waals surface area contributed by atoms with Crippen molar-refractivity contribution in [3.63, 3.8) is 0 Å². The summed E-state index contributed by atoms with van der Waals surface area (Å²) in [5.74, 6) is 0.781. The third-order valence-corrected chi connectivity index (χ3v) is 7.14. The summed E-state index contributed by atoms with van der Waals surface area (Å²) in [5, 5.41) is 8.08. The molecule has 0 unspecified atom stereocenters. The molecule has 0 aromatic carbocycles. The van der Waals surface area contributed by atoms with E-state index >= 15 is 0 Å². The zero-order valence-electron chi connectivity index (χ0n) is 14.4. The highest BCUT2D eigenvalue weighted by Gasteiger charge is 2.33. The molecule has 2 aliphatic heterocycles. The van der Waals surface area contributed by atoms with Crippen molar-refractivity contribution in [1.82, 2.24) is 15.2 Å². The third kappa shape index (κ3) is 3.79. The molecule has 5 nitrogen and oxygen atoms in total. The molecule has 0 amide bonds. The van der Waals surface area contributed by atoms with Gasteiger partial charge in [-0.05, 0) is 47.6 Å². The molecule has 0 atom stereocenters. The van der Waals surface area contributed by atoms with Gasteiger partial charge in [0.15, 0.2) is 0 Å². The number of allylic oxidation sites excluding steroid dienone is 1. The number of nitrogens with two attached hydrogens (primary N) is 1. The van der Waals surface area contributed by atoms with Crippen LogP contribution >= 0.6 is 20.7 Å². The standard InChI is InChI=1S/C18H19F3IN5/c19-18(20,21)12-8-14(16-13-2-1-5-22-17(13)26-25-16)24-15(9-12)27-6-3-11(10-23)4-7-27/h1-2,5,8-9,11H,3-4,6-7,10,23H2,(H,25,26). The second-order valence-electron chi connectivity index (χ2n) is 6.66. The van der Waals surface area contributed by atoms with Gasteiger partial charge in [0.05, 0.1) is 14.5 Å². The number of H-pyrrole nitrogens is 1. The first kappa shape index (κ1) is 18.6. The monoisotopic (exact) mass is 489 g/mol. The molecule has 2 aromatic heterocycles. The summed E-state index contributed by atoms with van der Waals surface area (Å²) < 4.78 is 43.6. The molecule has 0 saturated carbocycles. The van der Waals surface area contributed by atoms with E-state index in [0.29, 0.717) is 37.1 Å². The van der Waals surface area contributed by atoms with Crippen molar-refractivity contribution in [3.8, 4) is 11.4 Å². The number of hydrogen-bond donors (Lipinski definition) is 2. The van der Waals surface area contributed by atoms with Crippen molar-refractivity contribution in [2.45, 2.75) is 19.0 Å². The SMILES string of the molecule is NCC1CCN(c2cc(C(F)(F)F)cc(-c3n[nH]c4c3=CC=CI=4)n2)CC1. The van der Waals surface area contributed by atoms with Gasteiger partial charge in [-0.25, -0.2) is 4.98 Å². The van der Waals surface area contributed by atoms with Gasteiger partial charge in [0.2, 0.25) is 0 Å². The van der Waals surface area contributed by atoms with E-state index in [0.717, 1.165) is 33.5 Å². The van der Waals surface area contributed by atoms with Crippen molar-refractivity contribution in [3.05, 3.63) is 36.4 Å². The maximum absolute atomic E-state index is 13.5. The van der Waals surface area contributed by atoms with Gasteiger partial charge < -0.3 is 10.6 Å². The van der Waals surface area contributed by atoms with Crippen molar-refractivity contribution >= 4 is 32.6 Å². The molecular formula is C18H19F3IN5. The Labute approximate surface area is 163 Å². The number of aromatic amines is 1. The van der Waals surface area contributed by atoms with Crippen LogP contribution in [0.4, 0.5) is 19.0 Å². The zero-order valence-corrected chi connectivity index (χ0v) is 16.6. The molecule has 0 aliphatic carbocycles. The van der Waals surface area contributed by atoms with E-state index in [1.165, 1.54) is 0 Å². The van der Waals surface area contributed by atoms with Crippen LogP contribution in [-0.4, -0.2) is 34.8 Å². The highest BCUT2D eigenvalue weighted by molar-refractivity contribution is 14.2. The predicted molar refractivity (Wildman–Crippen MR) is 107 cm³/mol. The summed E-state index contributed by atoms with van der Waals surface area (Å²) in [5.41, 5.74) is 5.77. The van der Waals surface area contributed by atoms with Gasteiger partial charge in [-0.3, -0.25) is 5.10 Å². The van der Waals surface area contributed by atoms with E-state index in [1.807, 2.05) is 17.1 Å². The topological polar surface area (TPSA) is 70.8 Å². The van der Waals surface area contributed by atoms with E-state index in [-0.39, 0.29) is 26.4 Å². The van der Waals surface area contributed by atoms with E-state index < -0.39 is 11.7 Å². The quantitative estimate of drug-likeness (QED) is 0.651. The average Bonchev–Trinajstić information content (AvgIpc) is 3.11. The molecule has 0 bridgehead atoms. The highest BCUT2D eigenvalue weighted by Crippen LogP contribution is 2.34. The minimum Gasteiger partial charge on any atom is -0.357 e. The van der Waals surface area contributed by atoms with Crippen LogP contribution in [0.3, 0.4) is 0 Å². The Hall–Kier alpha value is -1.75. The summed E-state index contributed by atoms with van der Waals surface area (Å²) in [6, 6.07) is 2.24. The van der Waals surface area contributed by atoms with Crippen LogP contribution in [0, 0.1) is 9.20 Å². The Morgan fingerprint density at radius 2 is 2.04 bits per heavy atom. The van der Waals surface area contributed by atoms with Gasteiger partial charge in [0.1, 0.15) is 11.5 Å². The molecule has 1 fully saturated rings. The molecule has 27 heavy (non-hydrogen) atoms. The van der Waals surface area contributed by atoms with Crippen LogP contribution in [0.25, 0.3) is 17.5 Å². The molecule has 4 heterocycles. The Kier molecular flexibility index (Phi) is 5.06. The molecule has 1 saturated heterocycles. The lowest BCUT2D eigenvalue weighted by Crippen LogP contribution is -2.36. The number of fused-ring (bicyclic) bond motifs is 1. The van der Waals surface area contributed by atoms with Crippen molar-refractivity contribution in [2.75, 3.05) is 24.5 Å². The zero-order chi connectivity index (χ0) is 19.0. The third-order valence-electron chi connectivity index (χ3n) is 4.92. The summed E-state index contributed by atoms with van der Waals surface area (Å²) in [6.07, 6.45) is 1.11. The van der Waals surface area contributed by atoms with E-state index in [4.69, 9.17) is 5.73 Å². The smallest absolute Gasteiger partial charge is 0.357 e. The van der Waals surface area contributed by atoms with Crippen LogP contribution in [0.15, 0.2) is 22.3 Å². The number of hydrogen-bond acceptors (Lipinski definition) is 4. The van der Waals surface area contributed by atoms with Crippen molar-refractivity contribution < 1.29 is 13.2 Å². The maximum atomic E-state index is 13.5. The summed E-state index contributed by atoms with van der Waals surface area (Å²) in [6.45, 7) is 1.93. The summed E-state index contributed by atoms with van der Waals surface area (Å²) in [4.78, 5) is 6.47. The molecule has 9 heteroatoms. The Morgan fingerprint density at radius 1 is 1.26 bits per heavy atom. The maximum Gasteiger partial charge on any atom is 0.416 e. The molecular weight excluding hydrogens is 470 g/mol. The van der Waals surface area contributed by atoms with Crippen LogP contribution in [0.5, 0.6) is 0 Å². The molecule has 3 N–H and O–H groups in total. The fraction of sp³-hybridized carbons (Fsp3) is 0.389. The summed E-state index contributed by atoms with van der Waals surface area (Å²) >= 11 is -0.337. The molecule has 2 aliphatic rings. The lowest BCUT2D eigenvalue weighted by Gasteiger charge is -2.32. The fourth-order valence-electron chi connectivity index (χ4n) is 3.35. The lowest BCUT2D eigenvalue weighted by atomic mass is 9.97. The number of anilines is 1. The van der Waals surface area contributed by atoms with E-state index in [2.05, 4.69) is 19.3 Å². The van der Waals surface area contributed by atoms with Gasteiger partial charge in [0.25, 0.3) is 0 Å². The summed E-state index contributed by atoms with van der Waals surface area (Å²) in [7, 11) is 0. The first-order valence-corrected chi connectivity index (χ1v) is 11.0. The van der Waals surface area contributed by atoms with Gasteiger partial charge in [-0.2, -0.15) is 18.3 Å². The van der Waals surface area contributed by atoms with Gasteiger partial charge in [0, 0.05) is 18.3 Å². The van der Waals surface area contributed by atoms with E-state index in [1.54, 1.807) is 0 Å². The number of piperidine rings is 1. The van der Waals surface area contributed by atoms with Crippen molar-refractivity contribution in [1.29, 1.82) is 0 Å².